The van der Waals surface area contributed by atoms with Crippen LogP contribution in [-0.2, 0) is 9.59 Å². The fraction of sp³-hybridized carbons (Fsp3) is 0.733. The van der Waals surface area contributed by atoms with Gasteiger partial charge < -0.3 is 10.2 Å². The first-order chi connectivity index (χ1) is 8.91. The number of nitrogens with one attached hydrogen (secondary N) is 1. The number of carbonyl (C=O) groups is 2. The van der Waals surface area contributed by atoms with Crippen molar-refractivity contribution in [3.63, 3.8) is 0 Å². The third-order valence-corrected chi connectivity index (χ3v) is 4.14. The van der Waals surface area contributed by atoms with Crippen molar-refractivity contribution in [3.8, 4) is 11.8 Å². The van der Waals surface area contributed by atoms with Crippen molar-refractivity contribution in [2.24, 2.45) is 11.8 Å². The molecule has 1 saturated heterocycles. The molecule has 1 saturated carbocycles. The first-order valence-corrected chi connectivity index (χ1v) is 6.94. The van der Waals surface area contributed by atoms with E-state index in [0.717, 1.165) is 12.8 Å². The van der Waals surface area contributed by atoms with Crippen LogP contribution in [0.15, 0.2) is 0 Å². The van der Waals surface area contributed by atoms with Gasteiger partial charge in [-0.2, -0.15) is 0 Å². The summed E-state index contributed by atoms with van der Waals surface area (Å²) in [5.41, 5.74) is -0.724. The molecule has 0 aromatic heterocycles. The van der Waals surface area contributed by atoms with Gasteiger partial charge in [0.2, 0.25) is 11.8 Å². The molecule has 0 aromatic rings. The van der Waals surface area contributed by atoms with Crippen LogP contribution in [0.2, 0.25) is 0 Å². The van der Waals surface area contributed by atoms with Crippen molar-refractivity contribution < 1.29 is 9.59 Å². The van der Waals surface area contributed by atoms with Gasteiger partial charge in [-0.1, -0.05) is 19.8 Å². The van der Waals surface area contributed by atoms with E-state index >= 15 is 0 Å². The van der Waals surface area contributed by atoms with Crippen molar-refractivity contribution in [1.82, 2.24) is 10.2 Å². The highest BCUT2D eigenvalue weighted by molar-refractivity contribution is 6.00. The summed E-state index contributed by atoms with van der Waals surface area (Å²) in [6.45, 7) is 7.87. The lowest BCUT2D eigenvalue weighted by molar-refractivity contribution is -0.156. The quantitative estimate of drug-likeness (QED) is 0.776. The fourth-order valence-electron chi connectivity index (χ4n) is 2.88. The van der Waals surface area contributed by atoms with Crippen LogP contribution in [0.5, 0.6) is 0 Å². The Balaban J connectivity index is 2.31. The van der Waals surface area contributed by atoms with Gasteiger partial charge in [-0.15, -0.1) is 5.92 Å². The molecule has 2 amide bonds. The molecule has 2 rings (SSSR count). The first kappa shape index (κ1) is 13.9. The van der Waals surface area contributed by atoms with Gasteiger partial charge in [-0.25, -0.2) is 0 Å². The molecular weight excluding hydrogens is 240 g/mol. The molecule has 0 spiro atoms. The molecule has 1 heterocycles. The molecule has 0 aromatic carbocycles. The van der Waals surface area contributed by atoms with Crippen molar-refractivity contribution >= 4 is 11.8 Å². The van der Waals surface area contributed by atoms with Gasteiger partial charge in [0.1, 0.15) is 11.6 Å². The zero-order chi connectivity index (χ0) is 14.2. The summed E-state index contributed by atoms with van der Waals surface area (Å²) in [5.74, 6) is 6.09. The minimum absolute atomic E-state index is 0.0241. The normalized spacial score (nSPS) is 31.0. The highest BCUT2D eigenvalue weighted by atomic mass is 16.2. The second kappa shape index (κ2) is 4.88. The van der Waals surface area contributed by atoms with E-state index in [1.54, 1.807) is 11.8 Å². The Bertz CT molecular complexity index is 457. The Morgan fingerprint density at radius 2 is 2.05 bits per heavy atom. The minimum Gasteiger partial charge on any atom is -0.340 e. The molecule has 1 aliphatic heterocycles. The molecule has 2 aliphatic rings. The summed E-state index contributed by atoms with van der Waals surface area (Å²) >= 11 is 0. The van der Waals surface area contributed by atoms with Crippen LogP contribution in [0.3, 0.4) is 0 Å². The van der Waals surface area contributed by atoms with Gasteiger partial charge in [-0.05, 0) is 38.5 Å². The van der Waals surface area contributed by atoms with E-state index in [4.69, 9.17) is 0 Å². The van der Waals surface area contributed by atoms with Crippen LogP contribution >= 0.6 is 0 Å². The lowest BCUT2D eigenvalue weighted by Gasteiger charge is -2.45. The molecule has 2 fully saturated rings. The van der Waals surface area contributed by atoms with Crippen LogP contribution in [0.4, 0.5) is 0 Å². The van der Waals surface area contributed by atoms with Gasteiger partial charge in [0.25, 0.3) is 0 Å². The Morgan fingerprint density at radius 1 is 1.42 bits per heavy atom. The zero-order valence-electron chi connectivity index (χ0n) is 12.1. The lowest BCUT2D eigenvalue weighted by atomic mass is 9.86. The van der Waals surface area contributed by atoms with Crippen molar-refractivity contribution in [3.05, 3.63) is 0 Å². The van der Waals surface area contributed by atoms with Gasteiger partial charge in [0.15, 0.2) is 0 Å². The number of hydrogen-bond donors (Lipinski definition) is 1. The number of nitrogens with zero attached hydrogens (tertiary/aromatic N) is 1. The minimum atomic E-state index is -0.724. The summed E-state index contributed by atoms with van der Waals surface area (Å²) < 4.78 is 0. The largest absolute Gasteiger partial charge is 0.340 e. The topological polar surface area (TPSA) is 49.4 Å². The first-order valence-electron chi connectivity index (χ1n) is 6.94. The third kappa shape index (κ3) is 2.34. The predicted molar refractivity (Wildman–Crippen MR) is 73.1 cm³/mol. The SMILES string of the molecule is CC#CCN1C(=O)C(C)(C2CC2)NC(=O)C1C(C)C. The molecular formula is C15H22N2O2. The zero-order valence-corrected chi connectivity index (χ0v) is 12.1. The molecule has 2 unspecified atom stereocenters. The maximum absolute atomic E-state index is 12.7. The third-order valence-electron chi connectivity index (χ3n) is 4.14. The van der Waals surface area contributed by atoms with E-state index in [-0.39, 0.29) is 23.7 Å². The van der Waals surface area contributed by atoms with E-state index in [0.29, 0.717) is 6.54 Å². The molecule has 1 aliphatic carbocycles. The van der Waals surface area contributed by atoms with E-state index < -0.39 is 11.6 Å². The molecule has 104 valence electrons. The predicted octanol–water partition coefficient (Wildman–Crippen LogP) is 1.16. The maximum atomic E-state index is 12.7. The van der Waals surface area contributed by atoms with Gasteiger partial charge in [0.05, 0.1) is 6.54 Å². The number of carbonyl (C=O) groups excluding carboxylic acids is 2. The molecule has 19 heavy (non-hydrogen) atoms. The molecule has 0 radical (unpaired) electrons. The lowest BCUT2D eigenvalue weighted by Crippen LogP contribution is -2.71. The van der Waals surface area contributed by atoms with Gasteiger partial charge in [-0.3, -0.25) is 9.59 Å². The van der Waals surface area contributed by atoms with E-state index in [1.807, 2.05) is 20.8 Å². The standard InChI is InChI=1S/C15H22N2O2/c1-5-6-9-17-12(10(2)3)13(18)16-15(4,14(17)19)11-7-8-11/h10-12H,7-9H2,1-4H3,(H,16,18). The fourth-order valence-corrected chi connectivity index (χ4v) is 2.88. The number of piperazine rings is 1. The van der Waals surface area contributed by atoms with Crippen LogP contribution in [0.1, 0.15) is 40.5 Å². The van der Waals surface area contributed by atoms with Crippen LogP contribution < -0.4 is 5.32 Å². The molecule has 2 atom stereocenters. The number of hydrogen-bond acceptors (Lipinski definition) is 2. The molecule has 0 bridgehead atoms. The highest BCUT2D eigenvalue weighted by Gasteiger charge is 2.55. The highest BCUT2D eigenvalue weighted by Crippen LogP contribution is 2.42. The average molecular weight is 262 g/mol. The van der Waals surface area contributed by atoms with Crippen molar-refractivity contribution in [2.75, 3.05) is 6.54 Å². The smallest absolute Gasteiger partial charge is 0.249 e. The summed E-state index contributed by atoms with van der Waals surface area (Å²) in [7, 11) is 0. The van der Waals surface area contributed by atoms with Gasteiger partial charge in [0, 0.05) is 0 Å². The summed E-state index contributed by atoms with van der Waals surface area (Å²) in [6.07, 6.45) is 2.03. The van der Waals surface area contributed by atoms with Gasteiger partial charge >= 0.3 is 0 Å². The number of amides is 2. The van der Waals surface area contributed by atoms with E-state index in [1.165, 1.54) is 0 Å². The second-order valence-corrected chi connectivity index (χ2v) is 6.01. The van der Waals surface area contributed by atoms with E-state index in [2.05, 4.69) is 17.2 Å². The molecule has 1 N–H and O–H groups in total. The van der Waals surface area contributed by atoms with Crippen molar-refractivity contribution in [1.29, 1.82) is 0 Å². The van der Waals surface area contributed by atoms with Crippen LogP contribution in [0.25, 0.3) is 0 Å². The molecule has 4 nitrogen and oxygen atoms in total. The average Bonchev–Trinajstić information content (AvgIpc) is 3.15. The van der Waals surface area contributed by atoms with Crippen molar-refractivity contribution in [2.45, 2.75) is 52.1 Å². The Hall–Kier alpha value is -1.50. The van der Waals surface area contributed by atoms with E-state index in [9.17, 15) is 9.59 Å². The second-order valence-electron chi connectivity index (χ2n) is 6.01. The Kier molecular flexibility index (Phi) is 3.58. The Morgan fingerprint density at radius 3 is 2.53 bits per heavy atom. The number of rotatable bonds is 3. The summed E-state index contributed by atoms with van der Waals surface area (Å²) in [5, 5.41) is 2.96. The maximum Gasteiger partial charge on any atom is 0.249 e. The van der Waals surface area contributed by atoms with Crippen LogP contribution in [-0.4, -0.2) is 34.8 Å². The summed E-state index contributed by atoms with van der Waals surface area (Å²) in [6, 6.07) is -0.403. The Labute approximate surface area is 114 Å². The summed E-state index contributed by atoms with van der Waals surface area (Å²) in [4.78, 5) is 26.8. The monoisotopic (exact) mass is 262 g/mol. The molecule has 4 heteroatoms. The van der Waals surface area contributed by atoms with Crippen LogP contribution in [0, 0.1) is 23.7 Å².